The predicted octanol–water partition coefficient (Wildman–Crippen LogP) is 3.32. The van der Waals surface area contributed by atoms with Crippen molar-refractivity contribution in [3.63, 3.8) is 0 Å². The summed E-state index contributed by atoms with van der Waals surface area (Å²) in [7, 11) is 1.50. The first-order chi connectivity index (χ1) is 12.5. The lowest BCUT2D eigenvalue weighted by molar-refractivity contribution is -0.112. The number of ketones is 1. The number of nitrogens with one attached hydrogen (secondary N) is 1. The number of carbonyl (C=O) groups is 2. The molecule has 132 valence electrons. The molecule has 6 nitrogen and oxygen atoms in total. The van der Waals surface area contributed by atoms with Crippen molar-refractivity contribution >= 4 is 17.4 Å². The van der Waals surface area contributed by atoms with E-state index in [1.165, 1.54) is 7.11 Å². The van der Waals surface area contributed by atoms with E-state index in [2.05, 4.69) is 10.4 Å². The zero-order chi connectivity index (χ0) is 18.7. The molecule has 3 rings (SSSR count). The zero-order valence-corrected chi connectivity index (χ0v) is 14.8. The number of nitrogens with zero attached hydrogens (tertiary/aromatic N) is 2. The molecule has 0 atom stereocenters. The topological polar surface area (TPSA) is 73.2 Å². The second-order valence-electron chi connectivity index (χ2n) is 5.78. The highest BCUT2D eigenvalue weighted by atomic mass is 16.5. The summed E-state index contributed by atoms with van der Waals surface area (Å²) in [6.07, 6.45) is 0. The molecule has 0 aliphatic carbocycles. The number of aromatic nitrogens is 2. The van der Waals surface area contributed by atoms with Gasteiger partial charge in [-0.2, -0.15) is 5.10 Å². The van der Waals surface area contributed by atoms with E-state index in [9.17, 15) is 9.59 Å². The van der Waals surface area contributed by atoms with Gasteiger partial charge in [0.25, 0.3) is 11.7 Å². The summed E-state index contributed by atoms with van der Waals surface area (Å²) in [5.74, 6) is -0.872. The van der Waals surface area contributed by atoms with Crippen molar-refractivity contribution in [1.82, 2.24) is 9.78 Å². The molecule has 0 aliphatic rings. The highest BCUT2D eigenvalue weighted by molar-refractivity contribution is 6.47. The Kier molecular flexibility index (Phi) is 4.84. The molecular weight excluding hydrogens is 330 g/mol. The fourth-order valence-electron chi connectivity index (χ4n) is 2.83. The Labute approximate surface area is 151 Å². The molecule has 0 radical (unpaired) electrons. The average molecular weight is 349 g/mol. The number of methoxy groups -OCH3 is 1. The van der Waals surface area contributed by atoms with E-state index in [1.807, 2.05) is 30.3 Å². The van der Waals surface area contributed by atoms with Crippen molar-refractivity contribution in [3.8, 4) is 11.4 Å². The van der Waals surface area contributed by atoms with Crippen LogP contribution in [0.15, 0.2) is 54.6 Å². The first-order valence-electron chi connectivity index (χ1n) is 8.13. The van der Waals surface area contributed by atoms with Gasteiger partial charge in [0.05, 0.1) is 35.4 Å². The molecule has 6 heteroatoms. The van der Waals surface area contributed by atoms with Gasteiger partial charge in [-0.3, -0.25) is 9.59 Å². The minimum absolute atomic E-state index is 0.307. The van der Waals surface area contributed by atoms with Crippen LogP contribution >= 0.6 is 0 Å². The number of carbonyl (C=O) groups excluding carboxylic acids is 2. The quantitative estimate of drug-likeness (QED) is 0.566. The number of ether oxygens (including phenoxy) is 1. The number of rotatable bonds is 5. The third-order valence-electron chi connectivity index (χ3n) is 4.08. The maximum absolute atomic E-state index is 12.7. The number of aryl methyl sites for hydroxylation is 1. The van der Waals surface area contributed by atoms with Crippen LogP contribution in [0, 0.1) is 13.8 Å². The molecule has 1 amide bonds. The number of amides is 1. The molecule has 0 spiro atoms. The van der Waals surface area contributed by atoms with Crippen LogP contribution in [-0.4, -0.2) is 28.6 Å². The molecule has 0 fully saturated rings. The smallest absolute Gasteiger partial charge is 0.297 e. The number of Topliss-reactive ketones (excluding diaryl/α,β-unsaturated/α-hetero) is 1. The van der Waals surface area contributed by atoms with E-state index in [4.69, 9.17) is 4.74 Å². The molecule has 26 heavy (non-hydrogen) atoms. The maximum Gasteiger partial charge on any atom is 0.297 e. The monoisotopic (exact) mass is 349 g/mol. The summed E-state index contributed by atoms with van der Waals surface area (Å²) < 4.78 is 6.86. The number of anilines is 1. The van der Waals surface area contributed by atoms with E-state index in [1.54, 1.807) is 42.8 Å². The molecule has 0 bridgehead atoms. The lowest BCUT2D eigenvalue weighted by Crippen LogP contribution is -2.24. The number of para-hydroxylation sites is 3. The largest absolute Gasteiger partial charge is 0.495 e. The van der Waals surface area contributed by atoms with Gasteiger partial charge in [-0.25, -0.2) is 4.68 Å². The lowest BCUT2D eigenvalue weighted by Gasteiger charge is -2.09. The van der Waals surface area contributed by atoms with Crippen molar-refractivity contribution in [2.45, 2.75) is 13.8 Å². The summed E-state index contributed by atoms with van der Waals surface area (Å²) in [5.41, 5.74) is 2.71. The maximum atomic E-state index is 12.7. The number of hydrogen-bond donors (Lipinski definition) is 1. The van der Waals surface area contributed by atoms with Gasteiger partial charge in [-0.1, -0.05) is 30.3 Å². The van der Waals surface area contributed by atoms with Crippen molar-refractivity contribution < 1.29 is 14.3 Å². The van der Waals surface area contributed by atoms with E-state index in [0.717, 1.165) is 5.69 Å². The highest BCUT2D eigenvalue weighted by Crippen LogP contribution is 2.24. The molecule has 0 aliphatic heterocycles. The second kappa shape index (κ2) is 7.23. The Bertz CT molecular complexity index is 962. The molecule has 2 aromatic carbocycles. The Morgan fingerprint density at radius 3 is 2.35 bits per heavy atom. The highest BCUT2D eigenvalue weighted by Gasteiger charge is 2.25. The SMILES string of the molecule is COc1ccccc1NC(=O)C(=O)c1c(C)nn(-c2ccccc2)c1C. The summed E-state index contributed by atoms with van der Waals surface area (Å²) >= 11 is 0. The van der Waals surface area contributed by atoms with E-state index in [0.29, 0.717) is 28.4 Å². The lowest BCUT2D eigenvalue weighted by atomic mass is 10.1. The normalized spacial score (nSPS) is 10.4. The van der Waals surface area contributed by atoms with E-state index < -0.39 is 11.7 Å². The third kappa shape index (κ3) is 3.21. The van der Waals surface area contributed by atoms with Crippen LogP contribution in [0.2, 0.25) is 0 Å². The van der Waals surface area contributed by atoms with Crippen LogP contribution in [0.4, 0.5) is 5.69 Å². The van der Waals surface area contributed by atoms with Gasteiger partial charge in [0.1, 0.15) is 5.75 Å². The van der Waals surface area contributed by atoms with Crippen molar-refractivity contribution in [2.75, 3.05) is 12.4 Å². The van der Waals surface area contributed by atoms with Gasteiger partial charge in [-0.15, -0.1) is 0 Å². The van der Waals surface area contributed by atoms with Crippen molar-refractivity contribution in [3.05, 3.63) is 71.5 Å². The van der Waals surface area contributed by atoms with Crippen LogP contribution in [-0.2, 0) is 4.79 Å². The average Bonchev–Trinajstić information content (AvgIpc) is 2.96. The Morgan fingerprint density at radius 1 is 1.00 bits per heavy atom. The standard InChI is InChI=1S/C20H19N3O3/c1-13-18(14(2)23(22-13)15-9-5-4-6-10-15)19(24)20(25)21-16-11-7-8-12-17(16)26-3/h4-12H,1-3H3,(H,21,25). The van der Waals surface area contributed by atoms with Gasteiger partial charge in [0.2, 0.25) is 0 Å². The molecule has 0 unspecified atom stereocenters. The molecule has 1 heterocycles. The van der Waals surface area contributed by atoms with Crippen molar-refractivity contribution in [1.29, 1.82) is 0 Å². The predicted molar refractivity (Wildman–Crippen MR) is 99.0 cm³/mol. The summed E-state index contributed by atoms with van der Waals surface area (Å²) in [6, 6.07) is 16.4. The van der Waals surface area contributed by atoms with Crippen LogP contribution in [0.3, 0.4) is 0 Å². The van der Waals surface area contributed by atoms with Crippen molar-refractivity contribution in [2.24, 2.45) is 0 Å². The first-order valence-corrected chi connectivity index (χ1v) is 8.13. The molecule has 1 aromatic heterocycles. The van der Waals surface area contributed by atoms with E-state index >= 15 is 0 Å². The van der Waals surface area contributed by atoms with Crippen LogP contribution < -0.4 is 10.1 Å². The number of benzene rings is 2. The molecule has 1 N–H and O–H groups in total. The Morgan fingerprint density at radius 2 is 1.65 bits per heavy atom. The third-order valence-corrected chi connectivity index (χ3v) is 4.08. The van der Waals surface area contributed by atoms with Gasteiger partial charge in [0, 0.05) is 0 Å². The fourth-order valence-corrected chi connectivity index (χ4v) is 2.83. The molecule has 0 saturated heterocycles. The minimum Gasteiger partial charge on any atom is -0.495 e. The van der Waals surface area contributed by atoms with Gasteiger partial charge < -0.3 is 10.1 Å². The second-order valence-corrected chi connectivity index (χ2v) is 5.78. The Hall–Kier alpha value is -3.41. The molecule has 0 saturated carbocycles. The summed E-state index contributed by atoms with van der Waals surface area (Å²) in [5, 5.41) is 7.03. The van der Waals surface area contributed by atoms with E-state index in [-0.39, 0.29) is 0 Å². The number of hydrogen-bond acceptors (Lipinski definition) is 4. The minimum atomic E-state index is -0.728. The van der Waals surface area contributed by atoms with Crippen LogP contribution in [0.1, 0.15) is 21.7 Å². The van der Waals surface area contributed by atoms with Gasteiger partial charge in [-0.05, 0) is 38.1 Å². The first kappa shape index (κ1) is 17.4. The molecular formula is C20H19N3O3. The van der Waals surface area contributed by atoms with Crippen LogP contribution in [0.25, 0.3) is 5.69 Å². The Balaban J connectivity index is 1.90. The van der Waals surface area contributed by atoms with Gasteiger partial charge in [0.15, 0.2) is 0 Å². The fraction of sp³-hybridized carbons (Fsp3) is 0.150. The van der Waals surface area contributed by atoms with Gasteiger partial charge >= 0.3 is 0 Å². The summed E-state index contributed by atoms with van der Waals surface area (Å²) in [4.78, 5) is 25.2. The summed E-state index contributed by atoms with van der Waals surface area (Å²) in [6.45, 7) is 3.49. The van der Waals surface area contributed by atoms with Crippen LogP contribution in [0.5, 0.6) is 5.75 Å². The zero-order valence-electron chi connectivity index (χ0n) is 14.8. The molecule has 3 aromatic rings.